The number of allylic oxidation sites excluding steroid dienone is 1. The minimum Gasteiger partial charge on any atom is -0.497 e. The van der Waals surface area contributed by atoms with Crippen LogP contribution in [0, 0.1) is 0 Å². The Balaban J connectivity index is 2.62. The van der Waals surface area contributed by atoms with Gasteiger partial charge in [0.1, 0.15) is 12.2 Å². The number of carboxylic acids is 1. The lowest BCUT2D eigenvalue weighted by Crippen LogP contribution is -2.02. The van der Waals surface area contributed by atoms with E-state index in [1.807, 2.05) is 0 Å². The van der Waals surface area contributed by atoms with Crippen molar-refractivity contribution in [3.05, 3.63) is 35.9 Å². The van der Waals surface area contributed by atoms with Crippen molar-refractivity contribution in [1.29, 1.82) is 0 Å². The lowest BCUT2D eigenvalue weighted by Gasteiger charge is -1.98. The predicted molar refractivity (Wildman–Crippen MR) is 59.3 cm³/mol. The molecular weight excluding hydrogens is 208 g/mol. The number of methoxy groups -OCH3 is 1. The summed E-state index contributed by atoms with van der Waals surface area (Å²) in [5, 5.41) is 8.38. The van der Waals surface area contributed by atoms with E-state index in [1.165, 1.54) is 6.08 Å². The van der Waals surface area contributed by atoms with Crippen molar-refractivity contribution < 1.29 is 19.4 Å². The number of ketones is 1. The highest BCUT2D eigenvalue weighted by atomic mass is 16.5. The first kappa shape index (κ1) is 12.0. The van der Waals surface area contributed by atoms with Crippen LogP contribution in [-0.2, 0) is 9.59 Å². The Bertz CT molecular complexity index is 404. The average molecular weight is 220 g/mol. The van der Waals surface area contributed by atoms with Gasteiger partial charge in [-0.1, -0.05) is 18.2 Å². The molecule has 0 radical (unpaired) electrons. The van der Waals surface area contributed by atoms with Crippen LogP contribution in [0.3, 0.4) is 0 Å². The number of benzene rings is 1. The van der Waals surface area contributed by atoms with E-state index in [0.29, 0.717) is 0 Å². The first-order chi connectivity index (χ1) is 7.61. The van der Waals surface area contributed by atoms with Crippen molar-refractivity contribution in [2.24, 2.45) is 0 Å². The molecule has 0 bridgehead atoms. The van der Waals surface area contributed by atoms with E-state index >= 15 is 0 Å². The van der Waals surface area contributed by atoms with Gasteiger partial charge in [-0.3, -0.25) is 9.59 Å². The van der Waals surface area contributed by atoms with Crippen LogP contribution in [-0.4, -0.2) is 24.0 Å². The lowest BCUT2D eigenvalue weighted by atomic mass is 10.1. The largest absolute Gasteiger partial charge is 0.497 e. The summed E-state index contributed by atoms with van der Waals surface area (Å²) in [5.74, 6) is -0.818. The molecule has 1 N–H and O–H groups in total. The first-order valence-electron chi connectivity index (χ1n) is 4.68. The molecule has 0 aromatic heterocycles. The fraction of sp³-hybridized carbons (Fsp3) is 0.167. The Labute approximate surface area is 93.2 Å². The highest BCUT2D eigenvalue weighted by molar-refractivity contribution is 6.03. The first-order valence-corrected chi connectivity index (χ1v) is 4.68. The van der Waals surface area contributed by atoms with Crippen molar-refractivity contribution >= 4 is 17.8 Å². The van der Waals surface area contributed by atoms with Crippen LogP contribution < -0.4 is 4.74 Å². The van der Waals surface area contributed by atoms with Gasteiger partial charge >= 0.3 is 5.97 Å². The summed E-state index contributed by atoms with van der Waals surface area (Å²) in [6, 6.07) is 7.09. The minimum absolute atomic E-state index is 0.427. The Morgan fingerprint density at radius 2 is 1.94 bits per heavy atom. The molecule has 0 spiro atoms. The minimum atomic E-state index is -1.12. The molecule has 4 heteroatoms. The molecule has 0 unspecified atom stereocenters. The molecule has 0 heterocycles. The second-order valence-corrected chi connectivity index (χ2v) is 3.14. The molecule has 0 saturated heterocycles. The number of carbonyl (C=O) groups is 2. The van der Waals surface area contributed by atoms with E-state index in [4.69, 9.17) is 9.84 Å². The number of carboxylic acid groups (broad SMARTS) is 1. The van der Waals surface area contributed by atoms with Crippen LogP contribution in [0.1, 0.15) is 12.0 Å². The highest BCUT2D eigenvalue weighted by Crippen LogP contribution is 2.12. The molecule has 1 rings (SSSR count). The SMILES string of the molecule is COc1ccc(/C=C/C(=O)CC(=O)O)cc1. The van der Waals surface area contributed by atoms with Crippen molar-refractivity contribution in [3.63, 3.8) is 0 Å². The third kappa shape index (κ3) is 3.96. The number of aliphatic carboxylic acids is 1. The topological polar surface area (TPSA) is 63.6 Å². The Morgan fingerprint density at radius 3 is 2.44 bits per heavy atom. The molecule has 0 aliphatic rings. The maximum Gasteiger partial charge on any atom is 0.311 e. The van der Waals surface area contributed by atoms with Gasteiger partial charge in [0.05, 0.1) is 7.11 Å². The van der Waals surface area contributed by atoms with Crippen LogP contribution >= 0.6 is 0 Å². The molecule has 84 valence electrons. The molecule has 0 saturated carbocycles. The summed E-state index contributed by atoms with van der Waals surface area (Å²) in [4.78, 5) is 21.3. The van der Waals surface area contributed by atoms with Crippen molar-refractivity contribution in [3.8, 4) is 5.75 Å². The Hall–Kier alpha value is -2.10. The highest BCUT2D eigenvalue weighted by Gasteiger charge is 2.02. The fourth-order valence-electron chi connectivity index (χ4n) is 1.11. The maximum absolute atomic E-state index is 11.1. The van der Waals surface area contributed by atoms with Gasteiger partial charge in [0.2, 0.25) is 0 Å². The molecule has 0 aliphatic heterocycles. The number of carbonyl (C=O) groups excluding carboxylic acids is 1. The zero-order valence-corrected chi connectivity index (χ0v) is 8.84. The van der Waals surface area contributed by atoms with Crippen LogP contribution in [0.15, 0.2) is 30.3 Å². The molecule has 0 aliphatic carbocycles. The van der Waals surface area contributed by atoms with Gasteiger partial charge in [-0.2, -0.15) is 0 Å². The van der Waals surface area contributed by atoms with Gasteiger partial charge in [-0.15, -0.1) is 0 Å². The van der Waals surface area contributed by atoms with Crippen molar-refractivity contribution in [2.75, 3.05) is 7.11 Å². The summed E-state index contributed by atoms with van der Waals surface area (Å²) in [6.07, 6.45) is 2.35. The quantitative estimate of drug-likeness (QED) is 0.606. The van der Waals surface area contributed by atoms with Crippen molar-refractivity contribution in [1.82, 2.24) is 0 Å². The summed E-state index contributed by atoms with van der Waals surface area (Å²) < 4.78 is 4.98. The number of hydrogen-bond donors (Lipinski definition) is 1. The number of ether oxygens (including phenoxy) is 1. The molecular formula is C12H12O4. The van der Waals surface area contributed by atoms with Crippen LogP contribution in [0.4, 0.5) is 0 Å². The van der Waals surface area contributed by atoms with Crippen LogP contribution in [0.25, 0.3) is 6.08 Å². The molecule has 1 aromatic rings. The van der Waals surface area contributed by atoms with E-state index in [-0.39, 0.29) is 0 Å². The number of rotatable bonds is 5. The predicted octanol–water partition coefficient (Wildman–Crippen LogP) is 1.75. The zero-order chi connectivity index (χ0) is 12.0. The van der Waals surface area contributed by atoms with E-state index in [2.05, 4.69) is 0 Å². The van der Waals surface area contributed by atoms with Crippen molar-refractivity contribution in [2.45, 2.75) is 6.42 Å². The van der Waals surface area contributed by atoms with E-state index in [9.17, 15) is 9.59 Å². The Kier molecular flexibility index (Phi) is 4.27. The van der Waals surface area contributed by atoms with Gasteiger partial charge < -0.3 is 9.84 Å². The van der Waals surface area contributed by atoms with Crippen LogP contribution in [0.5, 0.6) is 5.75 Å². The zero-order valence-electron chi connectivity index (χ0n) is 8.84. The number of hydrogen-bond acceptors (Lipinski definition) is 3. The van der Waals surface area contributed by atoms with Crippen LogP contribution in [0.2, 0.25) is 0 Å². The van der Waals surface area contributed by atoms with Gasteiger partial charge in [-0.25, -0.2) is 0 Å². The lowest BCUT2D eigenvalue weighted by molar-refractivity contribution is -0.139. The second kappa shape index (κ2) is 5.70. The fourth-order valence-corrected chi connectivity index (χ4v) is 1.11. The van der Waals surface area contributed by atoms with E-state index < -0.39 is 18.2 Å². The van der Waals surface area contributed by atoms with E-state index in [0.717, 1.165) is 11.3 Å². The average Bonchev–Trinajstić information content (AvgIpc) is 2.26. The normalized spacial score (nSPS) is 10.3. The molecule has 0 fully saturated rings. The monoisotopic (exact) mass is 220 g/mol. The molecule has 16 heavy (non-hydrogen) atoms. The molecule has 4 nitrogen and oxygen atoms in total. The smallest absolute Gasteiger partial charge is 0.311 e. The molecule has 0 atom stereocenters. The summed E-state index contributed by atoms with van der Waals surface area (Å²) in [5.41, 5.74) is 0.819. The van der Waals surface area contributed by atoms with Gasteiger partial charge in [0, 0.05) is 0 Å². The summed E-state index contributed by atoms with van der Waals surface area (Å²) >= 11 is 0. The third-order valence-electron chi connectivity index (χ3n) is 1.90. The maximum atomic E-state index is 11.1. The van der Waals surface area contributed by atoms with Gasteiger partial charge in [-0.05, 0) is 23.8 Å². The van der Waals surface area contributed by atoms with E-state index in [1.54, 1.807) is 37.5 Å². The van der Waals surface area contributed by atoms with Gasteiger partial charge in [0.15, 0.2) is 5.78 Å². The third-order valence-corrected chi connectivity index (χ3v) is 1.90. The Morgan fingerprint density at radius 1 is 1.31 bits per heavy atom. The summed E-state index contributed by atoms with van der Waals surface area (Å²) in [7, 11) is 1.57. The van der Waals surface area contributed by atoms with Gasteiger partial charge in [0.25, 0.3) is 0 Å². The second-order valence-electron chi connectivity index (χ2n) is 3.14. The summed E-state index contributed by atoms with van der Waals surface area (Å²) in [6.45, 7) is 0. The standard InChI is InChI=1S/C12H12O4/c1-16-11-6-3-9(4-7-11)2-5-10(13)8-12(14)15/h2-7H,8H2,1H3,(H,14,15)/b5-2+. The molecule has 1 aromatic carbocycles. The molecule has 0 amide bonds.